The van der Waals surface area contributed by atoms with Crippen LogP contribution >= 0.6 is 0 Å². The van der Waals surface area contributed by atoms with Crippen molar-refractivity contribution >= 4 is 0 Å². The average molecular weight is 257 g/mol. The zero-order valence-corrected chi connectivity index (χ0v) is 13.1. The van der Waals surface area contributed by atoms with Gasteiger partial charge in [-0.15, -0.1) is 0 Å². The normalized spacial score (nSPS) is 13.8. The fourth-order valence-corrected chi connectivity index (χ4v) is 2.04. The highest BCUT2D eigenvalue weighted by Gasteiger charge is 2.11. The highest BCUT2D eigenvalue weighted by Crippen LogP contribution is 2.10. The molecule has 1 atom stereocenters. The van der Waals surface area contributed by atoms with Crippen LogP contribution in [0.1, 0.15) is 85.5 Å². The van der Waals surface area contributed by atoms with Gasteiger partial charge in [0.1, 0.15) is 0 Å². The molecule has 0 aliphatic rings. The van der Waals surface area contributed by atoms with E-state index in [0.717, 1.165) is 13.0 Å². The number of aliphatic hydroxyl groups excluding tert-OH is 1. The number of hydrogen-bond acceptors (Lipinski definition) is 2. The van der Waals surface area contributed by atoms with Crippen molar-refractivity contribution in [2.75, 3.05) is 6.54 Å². The van der Waals surface area contributed by atoms with E-state index in [1.165, 1.54) is 51.4 Å². The molecule has 0 saturated carbocycles. The number of unbranched alkanes of at least 4 members (excludes halogenated alkanes) is 7. The molecule has 0 saturated heterocycles. The van der Waals surface area contributed by atoms with Crippen LogP contribution in [-0.4, -0.2) is 23.3 Å². The van der Waals surface area contributed by atoms with Crippen molar-refractivity contribution in [3.05, 3.63) is 0 Å². The van der Waals surface area contributed by atoms with E-state index in [-0.39, 0.29) is 11.6 Å². The third-order valence-electron chi connectivity index (χ3n) is 3.26. The smallest absolute Gasteiger partial charge is 0.0664 e. The van der Waals surface area contributed by atoms with Gasteiger partial charge in [-0.05, 0) is 27.2 Å². The lowest BCUT2D eigenvalue weighted by molar-refractivity contribution is 0.148. The number of hydrogen-bond donors (Lipinski definition) is 2. The first kappa shape index (κ1) is 17.9. The first-order valence-electron chi connectivity index (χ1n) is 7.89. The summed E-state index contributed by atoms with van der Waals surface area (Å²) in [5.41, 5.74) is 0.111. The summed E-state index contributed by atoms with van der Waals surface area (Å²) in [5.74, 6) is 0. The summed E-state index contributed by atoms with van der Waals surface area (Å²) in [7, 11) is 0. The van der Waals surface area contributed by atoms with Crippen LogP contribution in [0.25, 0.3) is 0 Å². The highest BCUT2D eigenvalue weighted by atomic mass is 16.3. The van der Waals surface area contributed by atoms with Crippen LogP contribution in [-0.2, 0) is 0 Å². The molecular formula is C16H35NO. The van der Waals surface area contributed by atoms with E-state index in [1.807, 2.05) is 0 Å². The minimum Gasteiger partial charge on any atom is -0.392 e. The molecule has 2 heteroatoms. The van der Waals surface area contributed by atoms with Gasteiger partial charge in [-0.2, -0.15) is 0 Å². The van der Waals surface area contributed by atoms with E-state index in [0.29, 0.717) is 0 Å². The first-order chi connectivity index (χ1) is 8.45. The van der Waals surface area contributed by atoms with Crippen LogP contribution in [0.3, 0.4) is 0 Å². The third-order valence-corrected chi connectivity index (χ3v) is 3.26. The quantitative estimate of drug-likeness (QED) is 0.542. The largest absolute Gasteiger partial charge is 0.392 e. The Balaban J connectivity index is 3.23. The number of rotatable bonds is 11. The van der Waals surface area contributed by atoms with E-state index < -0.39 is 0 Å². The summed E-state index contributed by atoms with van der Waals surface area (Å²) in [6.45, 7) is 9.38. The van der Waals surface area contributed by atoms with Crippen molar-refractivity contribution in [1.82, 2.24) is 5.32 Å². The van der Waals surface area contributed by atoms with Crippen molar-refractivity contribution < 1.29 is 5.11 Å². The lowest BCUT2D eigenvalue weighted by Gasteiger charge is -2.22. The standard InChI is InChI=1S/C16H35NO/c1-5-6-7-8-9-10-11-12-13-15(18)14-17-16(2,3)4/h15,17-18H,5-14H2,1-4H3. The Morgan fingerprint density at radius 1 is 0.889 bits per heavy atom. The van der Waals surface area contributed by atoms with Crippen LogP contribution in [0.2, 0.25) is 0 Å². The molecule has 0 radical (unpaired) electrons. The molecule has 0 aliphatic carbocycles. The summed E-state index contributed by atoms with van der Waals surface area (Å²) in [6.07, 6.45) is 11.4. The molecule has 2 nitrogen and oxygen atoms in total. The SMILES string of the molecule is CCCCCCCCCCC(O)CNC(C)(C)C. The molecule has 0 aromatic rings. The summed E-state index contributed by atoms with van der Waals surface area (Å²) < 4.78 is 0. The molecule has 0 spiro atoms. The summed E-state index contributed by atoms with van der Waals surface area (Å²) in [6, 6.07) is 0. The van der Waals surface area contributed by atoms with Crippen LogP contribution in [0.4, 0.5) is 0 Å². The van der Waals surface area contributed by atoms with Crippen molar-refractivity contribution in [2.45, 2.75) is 97.1 Å². The molecule has 0 aromatic carbocycles. The maximum atomic E-state index is 9.82. The van der Waals surface area contributed by atoms with Gasteiger partial charge in [0, 0.05) is 12.1 Å². The lowest BCUT2D eigenvalue weighted by Crippen LogP contribution is -2.40. The lowest BCUT2D eigenvalue weighted by atomic mass is 10.0. The molecule has 2 N–H and O–H groups in total. The van der Waals surface area contributed by atoms with Crippen molar-refractivity contribution in [3.63, 3.8) is 0 Å². The molecule has 110 valence electrons. The summed E-state index contributed by atoms with van der Waals surface area (Å²) in [4.78, 5) is 0. The fraction of sp³-hybridized carbons (Fsp3) is 1.00. The third kappa shape index (κ3) is 14.0. The van der Waals surface area contributed by atoms with Gasteiger partial charge in [0.05, 0.1) is 6.10 Å². The van der Waals surface area contributed by atoms with Gasteiger partial charge in [0.2, 0.25) is 0 Å². The molecule has 0 aromatic heterocycles. The zero-order valence-electron chi connectivity index (χ0n) is 13.1. The number of aliphatic hydroxyl groups is 1. The van der Waals surface area contributed by atoms with Gasteiger partial charge in [0.15, 0.2) is 0 Å². The van der Waals surface area contributed by atoms with Crippen LogP contribution in [0, 0.1) is 0 Å². The van der Waals surface area contributed by atoms with Gasteiger partial charge in [-0.1, -0.05) is 58.3 Å². The van der Waals surface area contributed by atoms with Gasteiger partial charge in [-0.3, -0.25) is 0 Å². The Kier molecular flexibility index (Phi) is 10.8. The second-order valence-corrected chi connectivity index (χ2v) is 6.55. The zero-order chi connectivity index (χ0) is 13.9. The van der Waals surface area contributed by atoms with E-state index in [9.17, 15) is 5.11 Å². The molecule has 0 fully saturated rings. The predicted octanol–water partition coefficient (Wildman–Crippen LogP) is 4.27. The minimum atomic E-state index is -0.177. The Labute approximate surface area is 115 Å². The van der Waals surface area contributed by atoms with Gasteiger partial charge in [0.25, 0.3) is 0 Å². The Hall–Kier alpha value is -0.0800. The Bertz CT molecular complexity index is 174. The highest BCUT2D eigenvalue weighted by molar-refractivity contribution is 4.72. The molecule has 0 heterocycles. The minimum absolute atomic E-state index is 0.111. The van der Waals surface area contributed by atoms with Crippen molar-refractivity contribution in [1.29, 1.82) is 0 Å². The summed E-state index contributed by atoms with van der Waals surface area (Å²) >= 11 is 0. The molecule has 0 bridgehead atoms. The van der Waals surface area contributed by atoms with E-state index in [1.54, 1.807) is 0 Å². The average Bonchev–Trinajstić information content (AvgIpc) is 2.29. The second-order valence-electron chi connectivity index (χ2n) is 6.55. The predicted molar refractivity (Wildman–Crippen MR) is 81.0 cm³/mol. The molecule has 18 heavy (non-hydrogen) atoms. The Morgan fingerprint density at radius 3 is 1.89 bits per heavy atom. The number of nitrogens with one attached hydrogen (secondary N) is 1. The van der Waals surface area contributed by atoms with Crippen LogP contribution < -0.4 is 5.32 Å². The maximum absolute atomic E-state index is 9.82. The van der Waals surface area contributed by atoms with Gasteiger partial charge < -0.3 is 10.4 Å². The molecule has 0 rings (SSSR count). The molecule has 0 amide bonds. The monoisotopic (exact) mass is 257 g/mol. The van der Waals surface area contributed by atoms with Gasteiger partial charge in [-0.25, -0.2) is 0 Å². The van der Waals surface area contributed by atoms with E-state index in [4.69, 9.17) is 0 Å². The Morgan fingerprint density at radius 2 is 1.39 bits per heavy atom. The topological polar surface area (TPSA) is 32.3 Å². The first-order valence-corrected chi connectivity index (χ1v) is 7.89. The van der Waals surface area contributed by atoms with Gasteiger partial charge >= 0.3 is 0 Å². The maximum Gasteiger partial charge on any atom is 0.0664 e. The fourth-order valence-electron chi connectivity index (χ4n) is 2.04. The van der Waals surface area contributed by atoms with Crippen molar-refractivity contribution in [3.8, 4) is 0 Å². The van der Waals surface area contributed by atoms with Crippen molar-refractivity contribution in [2.24, 2.45) is 0 Å². The summed E-state index contributed by atoms with van der Waals surface area (Å²) in [5, 5.41) is 13.2. The van der Waals surface area contributed by atoms with E-state index in [2.05, 4.69) is 33.0 Å². The molecule has 0 aliphatic heterocycles. The molecular weight excluding hydrogens is 222 g/mol. The van der Waals surface area contributed by atoms with Crippen LogP contribution in [0.5, 0.6) is 0 Å². The second kappa shape index (κ2) is 10.8. The molecule has 1 unspecified atom stereocenters. The van der Waals surface area contributed by atoms with E-state index >= 15 is 0 Å². The number of β-amino-alcohol motifs (C(OH)–C–C–N with tert-alkyl or cyclic N) is 1. The van der Waals surface area contributed by atoms with Crippen LogP contribution in [0.15, 0.2) is 0 Å².